The van der Waals surface area contributed by atoms with Crippen molar-refractivity contribution in [3.05, 3.63) is 34.3 Å². The summed E-state index contributed by atoms with van der Waals surface area (Å²) in [6, 6.07) is 3.67. The van der Waals surface area contributed by atoms with Crippen molar-refractivity contribution >= 4 is 17.1 Å². The highest BCUT2D eigenvalue weighted by molar-refractivity contribution is 7.12. The summed E-state index contributed by atoms with van der Waals surface area (Å²) in [6.07, 6.45) is 1.88. The molecule has 0 aliphatic carbocycles. The third-order valence-electron chi connectivity index (χ3n) is 1.60. The fraction of sp³-hybridized carbons (Fsp3) is 0.125. The van der Waals surface area contributed by atoms with Gasteiger partial charge in [0, 0.05) is 0 Å². The molecule has 5 heteroatoms. The number of carbonyl (C=O) groups excluding carboxylic acids is 1. The zero-order valence-corrected chi connectivity index (χ0v) is 7.54. The molecular formula is C8H7N3OS. The lowest BCUT2D eigenvalue weighted by atomic mass is 10.2. The van der Waals surface area contributed by atoms with E-state index >= 15 is 0 Å². The molecule has 4 nitrogen and oxygen atoms in total. The molecule has 0 bridgehead atoms. The van der Waals surface area contributed by atoms with E-state index in [1.165, 1.54) is 11.3 Å². The van der Waals surface area contributed by atoms with E-state index in [1.54, 1.807) is 6.20 Å². The Balaban J connectivity index is 2.08. The number of carbonyl (C=O) groups is 1. The van der Waals surface area contributed by atoms with Crippen LogP contribution in [0, 0.1) is 0 Å². The predicted octanol–water partition coefficient (Wildman–Crippen LogP) is 1.29. The molecule has 66 valence electrons. The normalized spacial score (nSPS) is 10.2. The molecule has 0 spiro atoms. The number of H-pyrrole nitrogens is 1. The van der Waals surface area contributed by atoms with Gasteiger partial charge in [-0.1, -0.05) is 6.07 Å². The molecule has 2 rings (SSSR count). The number of aromatic nitrogens is 3. The quantitative estimate of drug-likeness (QED) is 0.747. The highest BCUT2D eigenvalue weighted by atomic mass is 32.1. The highest BCUT2D eigenvalue weighted by Gasteiger charge is 2.08. The fourth-order valence-corrected chi connectivity index (χ4v) is 1.66. The molecule has 2 aromatic rings. The van der Waals surface area contributed by atoms with E-state index in [9.17, 15) is 4.79 Å². The summed E-state index contributed by atoms with van der Waals surface area (Å²) in [4.78, 5) is 12.3. The number of hydrogen-bond acceptors (Lipinski definition) is 4. The molecule has 13 heavy (non-hydrogen) atoms. The second-order valence-corrected chi connectivity index (χ2v) is 3.49. The van der Waals surface area contributed by atoms with Gasteiger partial charge in [-0.2, -0.15) is 15.4 Å². The van der Waals surface area contributed by atoms with Crippen molar-refractivity contribution in [3.63, 3.8) is 0 Å². The van der Waals surface area contributed by atoms with Crippen LogP contribution in [-0.2, 0) is 6.42 Å². The van der Waals surface area contributed by atoms with Gasteiger partial charge >= 0.3 is 0 Å². The Labute approximate surface area is 78.6 Å². The minimum Gasteiger partial charge on any atom is -0.293 e. The standard InChI is InChI=1S/C8H7N3OS/c12-7(8-2-1-3-13-8)4-6-5-9-11-10-6/h1-3,5H,4H2,(H,9,10,11). The first-order chi connectivity index (χ1) is 6.36. The summed E-state index contributed by atoms with van der Waals surface area (Å²) in [5, 5.41) is 11.8. The molecule has 0 aliphatic rings. The SMILES string of the molecule is O=C(Cc1cn[nH]n1)c1cccs1. The van der Waals surface area contributed by atoms with Gasteiger partial charge in [0.15, 0.2) is 5.78 Å². The van der Waals surface area contributed by atoms with Crippen molar-refractivity contribution in [1.29, 1.82) is 0 Å². The third-order valence-corrected chi connectivity index (χ3v) is 2.51. The lowest BCUT2D eigenvalue weighted by Crippen LogP contribution is -2.01. The van der Waals surface area contributed by atoms with Crippen molar-refractivity contribution in [1.82, 2.24) is 15.4 Å². The van der Waals surface area contributed by atoms with E-state index in [0.29, 0.717) is 12.1 Å². The van der Waals surface area contributed by atoms with Gasteiger partial charge in [0.05, 0.1) is 23.2 Å². The molecule has 0 saturated heterocycles. The van der Waals surface area contributed by atoms with Crippen LogP contribution in [0.3, 0.4) is 0 Å². The zero-order chi connectivity index (χ0) is 9.10. The summed E-state index contributed by atoms with van der Waals surface area (Å²) in [6.45, 7) is 0. The first kappa shape index (κ1) is 8.12. The van der Waals surface area contributed by atoms with Crippen molar-refractivity contribution < 1.29 is 4.79 Å². The first-order valence-corrected chi connectivity index (χ1v) is 4.65. The van der Waals surface area contributed by atoms with E-state index in [-0.39, 0.29) is 5.78 Å². The largest absolute Gasteiger partial charge is 0.293 e. The first-order valence-electron chi connectivity index (χ1n) is 3.77. The molecule has 0 aliphatic heterocycles. The lowest BCUT2D eigenvalue weighted by Gasteiger charge is -1.91. The van der Waals surface area contributed by atoms with Gasteiger partial charge in [-0.15, -0.1) is 11.3 Å². The number of ketones is 1. The van der Waals surface area contributed by atoms with Crippen molar-refractivity contribution in [2.45, 2.75) is 6.42 Å². The highest BCUT2D eigenvalue weighted by Crippen LogP contribution is 2.11. The second kappa shape index (κ2) is 3.49. The number of thiophene rings is 1. The molecule has 0 aromatic carbocycles. The summed E-state index contributed by atoms with van der Waals surface area (Å²) >= 11 is 1.44. The average Bonchev–Trinajstić information content (AvgIpc) is 2.74. The molecule has 2 aromatic heterocycles. The van der Waals surface area contributed by atoms with Crippen LogP contribution in [0.1, 0.15) is 15.4 Å². The smallest absolute Gasteiger partial charge is 0.178 e. The van der Waals surface area contributed by atoms with Crippen molar-refractivity contribution in [2.75, 3.05) is 0 Å². The van der Waals surface area contributed by atoms with Crippen LogP contribution in [0.25, 0.3) is 0 Å². The van der Waals surface area contributed by atoms with Crippen LogP contribution in [0.5, 0.6) is 0 Å². The van der Waals surface area contributed by atoms with Crippen LogP contribution in [0.4, 0.5) is 0 Å². The van der Waals surface area contributed by atoms with Crippen molar-refractivity contribution in [2.24, 2.45) is 0 Å². The number of aromatic amines is 1. The Kier molecular flexibility index (Phi) is 2.18. The summed E-state index contributed by atoms with van der Waals surface area (Å²) in [5.41, 5.74) is 0.679. The van der Waals surface area contributed by atoms with Gasteiger partial charge in [0.1, 0.15) is 0 Å². The molecule has 0 radical (unpaired) electrons. The monoisotopic (exact) mass is 193 g/mol. The van der Waals surface area contributed by atoms with Crippen molar-refractivity contribution in [3.8, 4) is 0 Å². The molecular weight excluding hydrogens is 186 g/mol. The number of rotatable bonds is 3. The fourth-order valence-electron chi connectivity index (χ4n) is 0.999. The van der Waals surface area contributed by atoms with Gasteiger partial charge in [-0.3, -0.25) is 4.79 Å². The minimum absolute atomic E-state index is 0.0869. The minimum atomic E-state index is 0.0869. The number of nitrogens with zero attached hydrogens (tertiary/aromatic N) is 2. The molecule has 2 heterocycles. The zero-order valence-electron chi connectivity index (χ0n) is 6.73. The number of hydrogen-bond donors (Lipinski definition) is 1. The van der Waals surface area contributed by atoms with Gasteiger partial charge < -0.3 is 0 Å². The third kappa shape index (κ3) is 1.81. The topological polar surface area (TPSA) is 58.6 Å². The predicted molar refractivity (Wildman–Crippen MR) is 48.7 cm³/mol. The van der Waals surface area contributed by atoms with Crippen LogP contribution in [0.2, 0.25) is 0 Å². The summed E-state index contributed by atoms with van der Waals surface area (Å²) in [7, 11) is 0. The lowest BCUT2D eigenvalue weighted by molar-refractivity contribution is 0.0996. The molecule has 0 fully saturated rings. The van der Waals surface area contributed by atoms with Gasteiger partial charge in [-0.05, 0) is 11.4 Å². The van der Waals surface area contributed by atoms with Crippen LogP contribution < -0.4 is 0 Å². The van der Waals surface area contributed by atoms with Crippen LogP contribution in [-0.4, -0.2) is 21.2 Å². The Morgan fingerprint density at radius 1 is 1.62 bits per heavy atom. The molecule has 0 saturated carbocycles. The van der Waals surface area contributed by atoms with E-state index in [0.717, 1.165) is 4.88 Å². The van der Waals surface area contributed by atoms with E-state index in [1.807, 2.05) is 17.5 Å². The van der Waals surface area contributed by atoms with Gasteiger partial charge in [0.25, 0.3) is 0 Å². The summed E-state index contributed by atoms with van der Waals surface area (Å²) in [5.74, 6) is 0.0869. The second-order valence-electron chi connectivity index (χ2n) is 2.54. The van der Waals surface area contributed by atoms with E-state index in [2.05, 4.69) is 15.4 Å². The van der Waals surface area contributed by atoms with Crippen LogP contribution >= 0.6 is 11.3 Å². The molecule has 0 atom stereocenters. The number of Topliss-reactive ketones (excluding diaryl/α,β-unsaturated/α-hetero) is 1. The maximum atomic E-state index is 11.5. The molecule has 1 N–H and O–H groups in total. The Hall–Kier alpha value is -1.49. The Bertz CT molecular complexity index is 379. The van der Waals surface area contributed by atoms with Gasteiger partial charge in [-0.25, -0.2) is 0 Å². The Morgan fingerprint density at radius 3 is 3.15 bits per heavy atom. The van der Waals surface area contributed by atoms with E-state index < -0.39 is 0 Å². The summed E-state index contributed by atoms with van der Waals surface area (Å²) < 4.78 is 0. The maximum absolute atomic E-state index is 11.5. The van der Waals surface area contributed by atoms with Crippen LogP contribution in [0.15, 0.2) is 23.7 Å². The maximum Gasteiger partial charge on any atom is 0.178 e. The molecule has 0 amide bonds. The van der Waals surface area contributed by atoms with Gasteiger partial charge in [0.2, 0.25) is 0 Å². The number of nitrogens with one attached hydrogen (secondary N) is 1. The molecule has 0 unspecified atom stereocenters. The van der Waals surface area contributed by atoms with E-state index in [4.69, 9.17) is 0 Å². The average molecular weight is 193 g/mol. The Morgan fingerprint density at radius 2 is 2.54 bits per heavy atom.